The maximum atomic E-state index is 13.4. The molecule has 84 valence electrons. The average molecular weight is 289 g/mol. The van der Waals surface area contributed by atoms with E-state index in [9.17, 15) is 13.9 Å². The van der Waals surface area contributed by atoms with Crippen LogP contribution in [0.25, 0.3) is 0 Å². The normalized spacial score (nSPS) is 12.8. The van der Waals surface area contributed by atoms with E-state index in [2.05, 4.69) is 15.9 Å². The van der Waals surface area contributed by atoms with Gasteiger partial charge in [0.2, 0.25) is 0 Å². The van der Waals surface area contributed by atoms with E-state index in [-0.39, 0.29) is 5.56 Å². The molecular formula is C11H7BrF2O2. The number of benzene rings is 1. The summed E-state index contributed by atoms with van der Waals surface area (Å²) in [6.45, 7) is 0. The molecule has 1 atom stereocenters. The van der Waals surface area contributed by atoms with Crippen molar-refractivity contribution in [1.82, 2.24) is 0 Å². The third-order valence-corrected chi connectivity index (χ3v) is 2.84. The molecule has 0 saturated heterocycles. The molecule has 1 heterocycles. The minimum Gasteiger partial charge on any atom is -0.457 e. The second-order valence-electron chi connectivity index (χ2n) is 3.22. The number of aliphatic hydroxyl groups excluding tert-OH is 1. The average Bonchev–Trinajstić information content (AvgIpc) is 2.63. The maximum Gasteiger partial charge on any atom is 0.175 e. The largest absolute Gasteiger partial charge is 0.457 e. The highest BCUT2D eigenvalue weighted by atomic mass is 79.9. The van der Waals surface area contributed by atoms with Crippen LogP contribution in [-0.4, -0.2) is 5.11 Å². The van der Waals surface area contributed by atoms with E-state index in [1.165, 1.54) is 18.4 Å². The van der Waals surface area contributed by atoms with Crippen LogP contribution >= 0.6 is 15.9 Å². The maximum absolute atomic E-state index is 13.4. The summed E-state index contributed by atoms with van der Waals surface area (Å²) in [6, 6.07) is 4.54. The highest BCUT2D eigenvalue weighted by molar-refractivity contribution is 9.10. The van der Waals surface area contributed by atoms with Gasteiger partial charge in [-0.2, -0.15) is 0 Å². The Morgan fingerprint density at radius 2 is 1.94 bits per heavy atom. The summed E-state index contributed by atoms with van der Waals surface area (Å²) in [5.74, 6) is -1.47. The van der Waals surface area contributed by atoms with Gasteiger partial charge >= 0.3 is 0 Å². The van der Waals surface area contributed by atoms with Gasteiger partial charge in [0.1, 0.15) is 17.7 Å². The molecule has 16 heavy (non-hydrogen) atoms. The summed E-state index contributed by atoms with van der Waals surface area (Å²) >= 11 is 3.08. The molecular weight excluding hydrogens is 282 g/mol. The number of halogens is 3. The van der Waals surface area contributed by atoms with Crippen LogP contribution in [0.1, 0.15) is 17.2 Å². The van der Waals surface area contributed by atoms with Crippen LogP contribution in [0, 0.1) is 11.6 Å². The quantitative estimate of drug-likeness (QED) is 0.919. The van der Waals surface area contributed by atoms with Crippen molar-refractivity contribution in [2.45, 2.75) is 6.10 Å². The second kappa shape index (κ2) is 4.35. The van der Waals surface area contributed by atoms with Crippen molar-refractivity contribution in [3.8, 4) is 0 Å². The number of rotatable bonds is 2. The fraction of sp³-hybridized carbons (Fsp3) is 0.0909. The number of furan rings is 1. The fourth-order valence-electron chi connectivity index (χ4n) is 1.39. The first-order chi connectivity index (χ1) is 7.59. The Labute approximate surface area is 98.6 Å². The van der Waals surface area contributed by atoms with E-state index in [4.69, 9.17) is 4.42 Å². The van der Waals surface area contributed by atoms with Gasteiger partial charge in [-0.15, -0.1) is 0 Å². The predicted molar refractivity (Wildman–Crippen MR) is 56.8 cm³/mol. The van der Waals surface area contributed by atoms with Gasteiger partial charge in [0.05, 0.1) is 6.26 Å². The predicted octanol–water partition coefficient (Wildman–Crippen LogP) is 3.40. The van der Waals surface area contributed by atoms with E-state index >= 15 is 0 Å². The monoisotopic (exact) mass is 288 g/mol. The van der Waals surface area contributed by atoms with Crippen LogP contribution in [0.5, 0.6) is 0 Å². The van der Waals surface area contributed by atoms with Crippen molar-refractivity contribution >= 4 is 15.9 Å². The minimum atomic E-state index is -1.19. The molecule has 2 aromatic rings. The summed E-state index contributed by atoms with van der Waals surface area (Å²) in [4.78, 5) is 0. The molecule has 0 aliphatic rings. The van der Waals surface area contributed by atoms with Gasteiger partial charge in [0.15, 0.2) is 4.67 Å². The summed E-state index contributed by atoms with van der Waals surface area (Å²) < 4.78 is 31.3. The summed E-state index contributed by atoms with van der Waals surface area (Å²) in [6.07, 6.45) is 0.179. The Kier molecular flexibility index (Phi) is 3.07. The number of aliphatic hydroxyl groups is 1. The zero-order valence-electron chi connectivity index (χ0n) is 7.95. The zero-order valence-corrected chi connectivity index (χ0v) is 9.54. The zero-order chi connectivity index (χ0) is 11.7. The van der Waals surface area contributed by atoms with Crippen molar-refractivity contribution in [2.75, 3.05) is 0 Å². The molecule has 0 spiro atoms. The molecule has 0 fully saturated rings. The molecule has 0 radical (unpaired) electrons. The summed E-state index contributed by atoms with van der Waals surface area (Å²) in [5, 5.41) is 9.88. The smallest absolute Gasteiger partial charge is 0.175 e. The first kappa shape index (κ1) is 11.3. The van der Waals surface area contributed by atoms with E-state index in [0.29, 0.717) is 10.2 Å². The molecule has 1 aromatic heterocycles. The van der Waals surface area contributed by atoms with Gasteiger partial charge in [0, 0.05) is 17.2 Å². The van der Waals surface area contributed by atoms with Gasteiger partial charge in [-0.3, -0.25) is 0 Å². The third kappa shape index (κ3) is 2.01. The van der Waals surface area contributed by atoms with Crippen molar-refractivity contribution in [2.24, 2.45) is 0 Å². The van der Waals surface area contributed by atoms with Crippen molar-refractivity contribution in [3.05, 3.63) is 58.0 Å². The molecule has 0 saturated carbocycles. The molecule has 1 unspecified atom stereocenters. The van der Waals surface area contributed by atoms with Crippen LogP contribution in [0.3, 0.4) is 0 Å². The Bertz CT molecular complexity index is 510. The van der Waals surface area contributed by atoms with Crippen molar-refractivity contribution < 1.29 is 18.3 Å². The van der Waals surface area contributed by atoms with Gasteiger partial charge in [-0.05, 0) is 28.1 Å². The molecule has 0 amide bonds. The lowest BCUT2D eigenvalue weighted by atomic mass is 10.0. The van der Waals surface area contributed by atoms with Crippen LogP contribution in [0.15, 0.2) is 39.6 Å². The minimum absolute atomic E-state index is 0.00324. The van der Waals surface area contributed by atoms with Gasteiger partial charge in [-0.25, -0.2) is 8.78 Å². The van der Waals surface area contributed by atoms with E-state index in [0.717, 1.165) is 12.1 Å². The highest BCUT2D eigenvalue weighted by Crippen LogP contribution is 2.30. The fourth-order valence-corrected chi connectivity index (χ4v) is 1.85. The van der Waals surface area contributed by atoms with Crippen LogP contribution < -0.4 is 0 Å². The SMILES string of the molecule is OC(c1ccc(F)cc1F)c1ccoc1Br. The lowest BCUT2D eigenvalue weighted by Crippen LogP contribution is -2.02. The molecule has 1 N–H and O–H groups in total. The molecule has 0 bridgehead atoms. The first-order valence-electron chi connectivity index (χ1n) is 4.45. The van der Waals surface area contributed by atoms with E-state index < -0.39 is 17.7 Å². The summed E-state index contributed by atoms with van der Waals surface area (Å²) in [7, 11) is 0. The molecule has 2 rings (SSSR count). The van der Waals surface area contributed by atoms with Gasteiger partial charge < -0.3 is 9.52 Å². The van der Waals surface area contributed by atoms with Crippen molar-refractivity contribution in [1.29, 1.82) is 0 Å². The van der Waals surface area contributed by atoms with Crippen LogP contribution in [0.2, 0.25) is 0 Å². The Morgan fingerprint density at radius 1 is 1.19 bits per heavy atom. The number of hydrogen-bond acceptors (Lipinski definition) is 2. The molecule has 2 nitrogen and oxygen atoms in total. The number of hydrogen-bond donors (Lipinski definition) is 1. The lowest BCUT2D eigenvalue weighted by molar-refractivity contribution is 0.212. The van der Waals surface area contributed by atoms with Gasteiger partial charge in [-0.1, -0.05) is 6.07 Å². The Morgan fingerprint density at radius 3 is 2.50 bits per heavy atom. The Balaban J connectivity index is 2.41. The van der Waals surface area contributed by atoms with E-state index in [1.807, 2.05) is 0 Å². The third-order valence-electron chi connectivity index (χ3n) is 2.20. The van der Waals surface area contributed by atoms with Gasteiger partial charge in [0.25, 0.3) is 0 Å². The molecule has 0 aliphatic heterocycles. The lowest BCUT2D eigenvalue weighted by Gasteiger charge is -2.10. The molecule has 5 heteroatoms. The molecule has 1 aromatic carbocycles. The first-order valence-corrected chi connectivity index (χ1v) is 5.25. The standard InChI is InChI=1S/C11H7BrF2O2/c12-11-8(3-4-16-11)10(15)7-2-1-6(13)5-9(7)14/h1-5,10,15H. The van der Waals surface area contributed by atoms with Crippen molar-refractivity contribution in [3.63, 3.8) is 0 Å². The molecule has 0 aliphatic carbocycles. The highest BCUT2D eigenvalue weighted by Gasteiger charge is 2.19. The summed E-state index contributed by atoms with van der Waals surface area (Å²) in [5.41, 5.74) is 0.397. The van der Waals surface area contributed by atoms with Crippen LogP contribution in [0.4, 0.5) is 8.78 Å². The Hall–Kier alpha value is -1.20. The second-order valence-corrected chi connectivity index (χ2v) is 3.94. The van der Waals surface area contributed by atoms with E-state index in [1.54, 1.807) is 0 Å². The topological polar surface area (TPSA) is 33.4 Å². The van der Waals surface area contributed by atoms with Crippen LogP contribution in [-0.2, 0) is 0 Å².